The number of thioether (sulfide) groups is 1. The Morgan fingerprint density at radius 2 is 1.96 bits per heavy atom. The van der Waals surface area contributed by atoms with E-state index < -0.39 is 0 Å². The first kappa shape index (κ1) is 17.7. The van der Waals surface area contributed by atoms with Crippen molar-refractivity contribution in [2.24, 2.45) is 0 Å². The SMILES string of the molecule is CC(=O)C(C)Sc1nc2cc(Cl)ccc2c(=O)n1-c1ccccc1C. The molecule has 0 N–H and O–H groups in total. The third-order valence-corrected chi connectivity index (χ3v) is 5.42. The Morgan fingerprint density at radius 1 is 1.24 bits per heavy atom. The third-order valence-electron chi connectivity index (χ3n) is 4.01. The van der Waals surface area contributed by atoms with Crippen LogP contribution in [0, 0.1) is 6.92 Å². The van der Waals surface area contributed by atoms with E-state index in [0.29, 0.717) is 21.1 Å². The summed E-state index contributed by atoms with van der Waals surface area (Å²) in [5.74, 6) is 0.0294. The van der Waals surface area contributed by atoms with Gasteiger partial charge < -0.3 is 0 Å². The van der Waals surface area contributed by atoms with Crippen LogP contribution in [0.25, 0.3) is 16.6 Å². The molecular weight excluding hydrogens is 356 g/mol. The molecule has 6 heteroatoms. The molecule has 4 nitrogen and oxygen atoms in total. The quantitative estimate of drug-likeness (QED) is 0.502. The highest BCUT2D eigenvalue weighted by Crippen LogP contribution is 2.27. The fraction of sp³-hybridized carbons (Fsp3) is 0.211. The number of nitrogens with zero attached hydrogens (tertiary/aromatic N) is 2. The molecule has 1 atom stereocenters. The van der Waals surface area contributed by atoms with Crippen LogP contribution in [0.2, 0.25) is 5.02 Å². The van der Waals surface area contributed by atoms with E-state index >= 15 is 0 Å². The molecule has 0 fully saturated rings. The molecule has 1 heterocycles. The van der Waals surface area contributed by atoms with Crippen molar-refractivity contribution in [3.05, 3.63) is 63.4 Å². The number of para-hydroxylation sites is 1. The molecule has 0 aliphatic heterocycles. The minimum absolute atomic E-state index is 0.0294. The largest absolute Gasteiger partial charge is 0.299 e. The summed E-state index contributed by atoms with van der Waals surface area (Å²) in [6.45, 7) is 5.28. The van der Waals surface area contributed by atoms with Crippen LogP contribution in [-0.2, 0) is 4.79 Å². The molecule has 1 aromatic heterocycles. The van der Waals surface area contributed by atoms with Crippen molar-refractivity contribution >= 4 is 40.0 Å². The number of carbonyl (C=O) groups excluding carboxylic acids is 1. The maximum Gasteiger partial charge on any atom is 0.266 e. The number of hydrogen-bond acceptors (Lipinski definition) is 4. The van der Waals surface area contributed by atoms with Gasteiger partial charge in [-0.25, -0.2) is 4.98 Å². The highest BCUT2D eigenvalue weighted by molar-refractivity contribution is 8.00. The maximum absolute atomic E-state index is 13.1. The zero-order valence-electron chi connectivity index (χ0n) is 14.1. The topological polar surface area (TPSA) is 52.0 Å². The Hall–Kier alpha value is -2.11. The van der Waals surface area contributed by atoms with E-state index in [1.807, 2.05) is 38.1 Å². The molecule has 0 aliphatic carbocycles. The lowest BCUT2D eigenvalue weighted by Crippen LogP contribution is -2.24. The van der Waals surface area contributed by atoms with Gasteiger partial charge in [-0.1, -0.05) is 41.6 Å². The van der Waals surface area contributed by atoms with Gasteiger partial charge in [0.2, 0.25) is 0 Å². The van der Waals surface area contributed by atoms with Gasteiger partial charge in [0.15, 0.2) is 5.16 Å². The Morgan fingerprint density at radius 3 is 2.64 bits per heavy atom. The van der Waals surface area contributed by atoms with E-state index in [1.165, 1.54) is 18.7 Å². The van der Waals surface area contributed by atoms with Gasteiger partial charge in [0.1, 0.15) is 5.78 Å². The number of rotatable bonds is 4. The number of halogens is 1. The molecule has 0 spiro atoms. The fourth-order valence-electron chi connectivity index (χ4n) is 2.49. The van der Waals surface area contributed by atoms with Crippen molar-refractivity contribution in [1.29, 1.82) is 0 Å². The second-order valence-corrected chi connectivity index (χ2v) is 7.60. The predicted octanol–water partition coefficient (Wildman–Crippen LogP) is 4.42. The number of aryl methyl sites for hydroxylation is 1. The van der Waals surface area contributed by atoms with Gasteiger partial charge in [-0.3, -0.25) is 14.2 Å². The number of Topliss-reactive ketones (excluding diaryl/α,β-unsaturated/α-hetero) is 1. The van der Waals surface area contributed by atoms with Crippen LogP contribution in [0.1, 0.15) is 19.4 Å². The molecule has 2 aromatic carbocycles. The lowest BCUT2D eigenvalue weighted by atomic mass is 10.2. The molecule has 0 saturated carbocycles. The number of hydrogen-bond donors (Lipinski definition) is 0. The van der Waals surface area contributed by atoms with Crippen LogP contribution in [0.3, 0.4) is 0 Å². The molecule has 128 valence electrons. The molecule has 3 aromatic rings. The number of ketones is 1. The van der Waals surface area contributed by atoms with Crippen LogP contribution >= 0.6 is 23.4 Å². The van der Waals surface area contributed by atoms with Crippen LogP contribution in [0.5, 0.6) is 0 Å². The van der Waals surface area contributed by atoms with Gasteiger partial charge in [0.05, 0.1) is 21.8 Å². The van der Waals surface area contributed by atoms with Crippen LogP contribution in [0.4, 0.5) is 0 Å². The molecule has 1 unspecified atom stereocenters. The maximum atomic E-state index is 13.1. The van der Waals surface area contributed by atoms with E-state index in [4.69, 9.17) is 11.6 Å². The summed E-state index contributed by atoms with van der Waals surface area (Å²) < 4.78 is 1.58. The molecule has 0 bridgehead atoms. The number of benzene rings is 2. The van der Waals surface area contributed by atoms with Crippen LogP contribution in [-0.4, -0.2) is 20.6 Å². The Balaban J connectivity index is 2.34. The smallest absolute Gasteiger partial charge is 0.266 e. The fourth-order valence-corrected chi connectivity index (χ4v) is 3.57. The molecule has 3 rings (SSSR count). The van der Waals surface area contributed by atoms with Crippen molar-refractivity contribution in [1.82, 2.24) is 9.55 Å². The molecular formula is C19H17ClN2O2S. The highest BCUT2D eigenvalue weighted by Gasteiger charge is 2.19. The van der Waals surface area contributed by atoms with E-state index in [2.05, 4.69) is 4.98 Å². The number of aromatic nitrogens is 2. The Labute approximate surface area is 154 Å². The lowest BCUT2D eigenvalue weighted by molar-refractivity contribution is -0.116. The van der Waals surface area contributed by atoms with Gasteiger partial charge >= 0.3 is 0 Å². The average Bonchev–Trinajstić information content (AvgIpc) is 2.56. The zero-order chi connectivity index (χ0) is 18.1. The third kappa shape index (κ3) is 3.48. The van der Waals surface area contributed by atoms with Gasteiger partial charge in [0, 0.05) is 5.02 Å². The second-order valence-electron chi connectivity index (χ2n) is 5.85. The number of carbonyl (C=O) groups is 1. The highest BCUT2D eigenvalue weighted by atomic mass is 35.5. The van der Waals surface area contributed by atoms with Gasteiger partial charge in [-0.05, 0) is 50.6 Å². The predicted molar refractivity (Wildman–Crippen MR) is 103 cm³/mol. The van der Waals surface area contributed by atoms with Crippen molar-refractivity contribution in [2.45, 2.75) is 31.2 Å². The minimum Gasteiger partial charge on any atom is -0.299 e. The second kappa shape index (κ2) is 7.02. The van der Waals surface area contributed by atoms with E-state index in [1.54, 1.807) is 22.8 Å². The van der Waals surface area contributed by atoms with Gasteiger partial charge in [-0.15, -0.1) is 0 Å². The Bertz CT molecular complexity index is 1030. The van der Waals surface area contributed by atoms with Gasteiger partial charge in [-0.2, -0.15) is 0 Å². The molecule has 0 saturated heterocycles. The summed E-state index contributed by atoms with van der Waals surface area (Å²) in [6, 6.07) is 12.7. The summed E-state index contributed by atoms with van der Waals surface area (Å²) in [6.07, 6.45) is 0. The van der Waals surface area contributed by atoms with Crippen LogP contribution < -0.4 is 5.56 Å². The lowest BCUT2D eigenvalue weighted by Gasteiger charge is -2.16. The van der Waals surface area contributed by atoms with Crippen molar-refractivity contribution in [3.63, 3.8) is 0 Å². The standard InChI is InChI=1S/C19H17ClN2O2S/c1-11-6-4-5-7-17(11)22-18(24)15-9-8-14(20)10-16(15)21-19(22)25-13(3)12(2)23/h4-10,13H,1-3H3. The monoisotopic (exact) mass is 372 g/mol. The Kier molecular flexibility index (Phi) is 4.97. The van der Waals surface area contributed by atoms with E-state index in [-0.39, 0.29) is 16.6 Å². The van der Waals surface area contributed by atoms with Gasteiger partial charge in [0.25, 0.3) is 5.56 Å². The van der Waals surface area contributed by atoms with Crippen molar-refractivity contribution in [3.8, 4) is 5.69 Å². The summed E-state index contributed by atoms with van der Waals surface area (Å²) in [5, 5.41) is 1.19. The van der Waals surface area contributed by atoms with E-state index in [0.717, 1.165) is 11.3 Å². The molecule has 0 aliphatic rings. The van der Waals surface area contributed by atoms with E-state index in [9.17, 15) is 9.59 Å². The summed E-state index contributed by atoms with van der Waals surface area (Å²) in [7, 11) is 0. The molecule has 0 amide bonds. The number of fused-ring (bicyclic) bond motifs is 1. The first-order valence-corrected chi connectivity index (χ1v) is 9.09. The summed E-state index contributed by atoms with van der Waals surface area (Å²) >= 11 is 7.33. The summed E-state index contributed by atoms with van der Waals surface area (Å²) in [4.78, 5) is 29.5. The molecule has 25 heavy (non-hydrogen) atoms. The van der Waals surface area contributed by atoms with Crippen LogP contribution in [0.15, 0.2) is 52.4 Å². The zero-order valence-corrected chi connectivity index (χ0v) is 15.7. The first-order chi connectivity index (χ1) is 11.9. The average molecular weight is 373 g/mol. The summed E-state index contributed by atoms with van der Waals surface area (Å²) in [5.41, 5.74) is 2.07. The first-order valence-electron chi connectivity index (χ1n) is 7.84. The van der Waals surface area contributed by atoms with Crippen molar-refractivity contribution in [2.75, 3.05) is 0 Å². The minimum atomic E-state index is -0.307. The normalized spacial score (nSPS) is 12.3. The van der Waals surface area contributed by atoms with Crippen molar-refractivity contribution < 1.29 is 4.79 Å². The molecule has 0 radical (unpaired) electrons.